The van der Waals surface area contributed by atoms with Gasteiger partial charge < -0.3 is 19.7 Å². The third-order valence-electron chi connectivity index (χ3n) is 4.94. The Morgan fingerprint density at radius 3 is 2.87 bits per heavy atom. The molecule has 0 aliphatic carbocycles. The SMILES string of the molecule is CC(NCC1(CO)CCOCC1)c1nc2ccc(Cl)cc2n1C. The Kier molecular flexibility index (Phi) is 4.92. The van der Waals surface area contributed by atoms with Crippen LogP contribution in [-0.2, 0) is 11.8 Å². The van der Waals surface area contributed by atoms with Crippen LogP contribution in [0.3, 0.4) is 0 Å². The van der Waals surface area contributed by atoms with Crippen LogP contribution in [0.2, 0.25) is 5.02 Å². The van der Waals surface area contributed by atoms with Crippen molar-refractivity contribution >= 4 is 22.6 Å². The molecule has 1 aliphatic rings. The van der Waals surface area contributed by atoms with Crippen molar-refractivity contribution in [3.63, 3.8) is 0 Å². The van der Waals surface area contributed by atoms with Gasteiger partial charge in [-0.15, -0.1) is 0 Å². The minimum Gasteiger partial charge on any atom is -0.396 e. The van der Waals surface area contributed by atoms with E-state index in [-0.39, 0.29) is 18.1 Å². The normalized spacial score (nSPS) is 19.1. The van der Waals surface area contributed by atoms with E-state index in [4.69, 9.17) is 21.3 Å². The summed E-state index contributed by atoms with van der Waals surface area (Å²) in [5, 5.41) is 14.1. The van der Waals surface area contributed by atoms with Gasteiger partial charge >= 0.3 is 0 Å². The molecule has 1 aromatic heterocycles. The van der Waals surface area contributed by atoms with Gasteiger partial charge in [0.15, 0.2) is 0 Å². The molecular weight excluding hydrogens is 314 g/mol. The fraction of sp³-hybridized carbons (Fsp3) is 0.588. The first-order chi connectivity index (χ1) is 11.0. The Hall–Kier alpha value is -1.14. The zero-order valence-electron chi connectivity index (χ0n) is 13.7. The van der Waals surface area contributed by atoms with E-state index in [2.05, 4.69) is 16.8 Å². The molecule has 0 radical (unpaired) electrons. The smallest absolute Gasteiger partial charge is 0.126 e. The van der Waals surface area contributed by atoms with Gasteiger partial charge in [0.25, 0.3) is 0 Å². The molecule has 2 aromatic rings. The van der Waals surface area contributed by atoms with Crippen LogP contribution < -0.4 is 5.32 Å². The number of fused-ring (bicyclic) bond motifs is 1. The largest absolute Gasteiger partial charge is 0.396 e. The van der Waals surface area contributed by atoms with Crippen LogP contribution in [-0.4, -0.2) is 41.0 Å². The predicted molar refractivity (Wildman–Crippen MR) is 91.7 cm³/mol. The average Bonchev–Trinajstić information content (AvgIpc) is 2.90. The number of hydrogen-bond acceptors (Lipinski definition) is 4. The first-order valence-corrected chi connectivity index (χ1v) is 8.46. The highest BCUT2D eigenvalue weighted by atomic mass is 35.5. The Labute approximate surface area is 141 Å². The first-order valence-electron chi connectivity index (χ1n) is 8.08. The highest BCUT2D eigenvalue weighted by molar-refractivity contribution is 6.31. The number of hydrogen-bond donors (Lipinski definition) is 2. The first kappa shape index (κ1) is 16.7. The van der Waals surface area contributed by atoms with E-state index >= 15 is 0 Å². The van der Waals surface area contributed by atoms with Crippen molar-refractivity contribution in [3.05, 3.63) is 29.0 Å². The summed E-state index contributed by atoms with van der Waals surface area (Å²) in [6.07, 6.45) is 1.78. The highest BCUT2D eigenvalue weighted by Gasteiger charge is 2.32. The second-order valence-electron chi connectivity index (χ2n) is 6.54. The minimum absolute atomic E-state index is 0.0829. The van der Waals surface area contributed by atoms with E-state index in [9.17, 15) is 5.11 Å². The number of nitrogens with zero attached hydrogens (tertiary/aromatic N) is 2. The Balaban J connectivity index is 1.75. The molecule has 23 heavy (non-hydrogen) atoms. The molecule has 1 aliphatic heterocycles. The number of aromatic nitrogens is 2. The van der Waals surface area contributed by atoms with Crippen molar-refractivity contribution in [2.75, 3.05) is 26.4 Å². The summed E-state index contributed by atoms with van der Waals surface area (Å²) in [6.45, 7) is 4.50. The van der Waals surface area contributed by atoms with Gasteiger partial charge in [0, 0.05) is 37.2 Å². The molecule has 2 N–H and O–H groups in total. The molecule has 1 fully saturated rings. The van der Waals surface area contributed by atoms with Gasteiger partial charge in [-0.25, -0.2) is 4.98 Å². The van der Waals surface area contributed by atoms with Crippen LogP contribution in [0.1, 0.15) is 31.6 Å². The molecule has 5 nitrogen and oxygen atoms in total. The van der Waals surface area contributed by atoms with Gasteiger partial charge in [-0.2, -0.15) is 0 Å². The van der Waals surface area contributed by atoms with Gasteiger partial charge in [0.2, 0.25) is 0 Å². The molecule has 2 heterocycles. The zero-order valence-corrected chi connectivity index (χ0v) is 14.4. The van der Waals surface area contributed by atoms with E-state index in [0.717, 1.165) is 49.5 Å². The number of rotatable bonds is 5. The maximum absolute atomic E-state index is 9.79. The van der Waals surface area contributed by atoms with E-state index in [1.165, 1.54) is 0 Å². The number of ether oxygens (including phenoxy) is 1. The lowest BCUT2D eigenvalue weighted by atomic mass is 9.81. The number of halogens is 1. The number of nitrogens with one attached hydrogen (secondary N) is 1. The molecule has 1 aromatic carbocycles. The summed E-state index contributed by atoms with van der Waals surface area (Å²) in [4.78, 5) is 4.72. The standard InChI is InChI=1S/C17H24ClN3O2/c1-12(19-10-17(11-22)5-7-23-8-6-17)16-20-14-4-3-13(18)9-15(14)21(16)2/h3-4,9,12,19,22H,5-8,10-11H2,1-2H3. The quantitative estimate of drug-likeness (QED) is 0.880. The molecule has 3 rings (SSSR count). The van der Waals surface area contributed by atoms with Crippen LogP contribution in [0.15, 0.2) is 18.2 Å². The van der Waals surface area contributed by atoms with E-state index < -0.39 is 0 Å². The van der Waals surface area contributed by atoms with Gasteiger partial charge in [0.05, 0.1) is 23.7 Å². The monoisotopic (exact) mass is 337 g/mol. The molecule has 0 amide bonds. The van der Waals surface area contributed by atoms with E-state index in [0.29, 0.717) is 5.02 Å². The van der Waals surface area contributed by atoms with Gasteiger partial charge in [-0.1, -0.05) is 11.6 Å². The highest BCUT2D eigenvalue weighted by Crippen LogP contribution is 2.30. The summed E-state index contributed by atoms with van der Waals surface area (Å²) >= 11 is 6.08. The number of benzene rings is 1. The van der Waals surface area contributed by atoms with Crippen LogP contribution in [0, 0.1) is 5.41 Å². The van der Waals surface area contributed by atoms with Crippen LogP contribution >= 0.6 is 11.6 Å². The summed E-state index contributed by atoms with van der Waals surface area (Å²) < 4.78 is 7.50. The molecule has 1 unspecified atom stereocenters. The average molecular weight is 338 g/mol. The van der Waals surface area contributed by atoms with Crippen LogP contribution in [0.5, 0.6) is 0 Å². The number of aliphatic hydroxyl groups is 1. The second kappa shape index (κ2) is 6.77. The summed E-state index contributed by atoms with van der Waals surface area (Å²) in [5.74, 6) is 0.974. The van der Waals surface area contributed by atoms with Crippen molar-refractivity contribution < 1.29 is 9.84 Å². The lowest BCUT2D eigenvalue weighted by molar-refractivity contribution is -0.0164. The molecule has 126 valence electrons. The van der Waals surface area contributed by atoms with Crippen molar-refractivity contribution in [3.8, 4) is 0 Å². The Morgan fingerprint density at radius 2 is 2.17 bits per heavy atom. The van der Waals surface area contributed by atoms with Gasteiger partial charge in [-0.3, -0.25) is 0 Å². The van der Waals surface area contributed by atoms with Crippen LogP contribution in [0.4, 0.5) is 0 Å². The third kappa shape index (κ3) is 3.38. The van der Waals surface area contributed by atoms with Gasteiger partial charge in [-0.05, 0) is 38.0 Å². The maximum Gasteiger partial charge on any atom is 0.126 e. The topological polar surface area (TPSA) is 59.3 Å². The fourth-order valence-electron chi connectivity index (χ4n) is 3.22. The van der Waals surface area contributed by atoms with Crippen molar-refractivity contribution in [2.45, 2.75) is 25.8 Å². The summed E-state index contributed by atoms with van der Waals surface area (Å²) in [7, 11) is 2.01. The lowest BCUT2D eigenvalue weighted by Crippen LogP contribution is -2.42. The lowest BCUT2D eigenvalue weighted by Gasteiger charge is -2.36. The molecular formula is C17H24ClN3O2. The Morgan fingerprint density at radius 1 is 1.43 bits per heavy atom. The molecule has 0 spiro atoms. The molecule has 0 saturated carbocycles. The molecule has 6 heteroatoms. The molecule has 1 saturated heterocycles. The zero-order chi connectivity index (χ0) is 16.4. The number of imidazole rings is 1. The summed E-state index contributed by atoms with van der Waals surface area (Å²) in [6, 6.07) is 5.84. The van der Waals surface area contributed by atoms with E-state index in [1.54, 1.807) is 0 Å². The third-order valence-corrected chi connectivity index (χ3v) is 5.17. The number of aliphatic hydroxyl groups excluding tert-OH is 1. The van der Waals surface area contributed by atoms with E-state index in [1.807, 2.05) is 25.2 Å². The summed E-state index contributed by atoms with van der Waals surface area (Å²) in [5.41, 5.74) is 1.90. The Bertz CT molecular complexity index is 680. The molecule has 1 atom stereocenters. The van der Waals surface area contributed by atoms with Gasteiger partial charge in [0.1, 0.15) is 5.82 Å². The predicted octanol–water partition coefficient (Wildman–Crippen LogP) is 2.67. The minimum atomic E-state index is -0.0829. The van der Waals surface area contributed by atoms with Crippen molar-refractivity contribution in [1.82, 2.24) is 14.9 Å². The second-order valence-corrected chi connectivity index (χ2v) is 6.97. The van der Waals surface area contributed by atoms with Crippen molar-refractivity contribution in [2.24, 2.45) is 12.5 Å². The van der Waals surface area contributed by atoms with Crippen LogP contribution in [0.25, 0.3) is 11.0 Å². The van der Waals surface area contributed by atoms with Crippen molar-refractivity contribution in [1.29, 1.82) is 0 Å². The molecule has 0 bridgehead atoms. The maximum atomic E-state index is 9.79. The number of aryl methyl sites for hydroxylation is 1. The fourth-order valence-corrected chi connectivity index (χ4v) is 3.39.